The van der Waals surface area contributed by atoms with E-state index in [-0.39, 0.29) is 5.91 Å². The standard InChI is InChI=1S/C10H16N2OS/c11-6-5-10(13)12-7-1-3-9-4-2-8-14-9/h2,4,8H,1,3,5-7,11H2,(H,12,13). The summed E-state index contributed by atoms with van der Waals surface area (Å²) >= 11 is 1.76. The Labute approximate surface area is 88.3 Å². The lowest BCUT2D eigenvalue weighted by molar-refractivity contribution is -0.120. The molecule has 78 valence electrons. The first kappa shape index (κ1) is 11.2. The Morgan fingerprint density at radius 1 is 1.57 bits per heavy atom. The molecule has 1 rings (SSSR count). The second kappa shape index (κ2) is 6.56. The zero-order valence-corrected chi connectivity index (χ0v) is 8.98. The van der Waals surface area contributed by atoms with Gasteiger partial charge in [-0.1, -0.05) is 6.07 Å². The summed E-state index contributed by atoms with van der Waals surface area (Å²) in [6, 6.07) is 4.17. The molecule has 0 radical (unpaired) electrons. The maximum Gasteiger partial charge on any atom is 0.221 e. The van der Waals surface area contributed by atoms with Crippen LogP contribution < -0.4 is 11.1 Å². The molecule has 0 atom stereocenters. The van der Waals surface area contributed by atoms with Gasteiger partial charge in [0.1, 0.15) is 0 Å². The van der Waals surface area contributed by atoms with Crippen molar-refractivity contribution in [3.63, 3.8) is 0 Å². The van der Waals surface area contributed by atoms with Gasteiger partial charge in [0.05, 0.1) is 0 Å². The van der Waals surface area contributed by atoms with Gasteiger partial charge in [0.15, 0.2) is 0 Å². The molecule has 0 saturated heterocycles. The largest absolute Gasteiger partial charge is 0.356 e. The first-order valence-electron chi connectivity index (χ1n) is 4.82. The van der Waals surface area contributed by atoms with E-state index >= 15 is 0 Å². The minimum Gasteiger partial charge on any atom is -0.356 e. The van der Waals surface area contributed by atoms with Crippen LogP contribution in [0.2, 0.25) is 0 Å². The highest BCUT2D eigenvalue weighted by Gasteiger charge is 1.98. The van der Waals surface area contributed by atoms with E-state index in [9.17, 15) is 4.79 Å². The van der Waals surface area contributed by atoms with E-state index in [1.165, 1.54) is 4.88 Å². The quantitative estimate of drug-likeness (QED) is 0.695. The fraction of sp³-hybridized carbons (Fsp3) is 0.500. The smallest absolute Gasteiger partial charge is 0.221 e. The molecule has 1 aromatic rings. The Balaban J connectivity index is 2.02. The molecule has 0 bridgehead atoms. The average molecular weight is 212 g/mol. The van der Waals surface area contributed by atoms with E-state index in [0.717, 1.165) is 19.4 Å². The maximum absolute atomic E-state index is 11.0. The molecule has 0 aliphatic carbocycles. The van der Waals surface area contributed by atoms with Gasteiger partial charge in [0.2, 0.25) is 5.91 Å². The molecule has 0 aliphatic rings. The van der Waals surface area contributed by atoms with Gasteiger partial charge in [0.25, 0.3) is 0 Å². The Morgan fingerprint density at radius 3 is 3.07 bits per heavy atom. The second-order valence-corrected chi connectivity index (χ2v) is 4.10. The van der Waals surface area contributed by atoms with E-state index in [2.05, 4.69) is 16.8 Å². The lowest BCUT2D eigenvalue weighted by Gasteiger charge is -2.02. The van der Waals surface area contributed by atoms with Crippen LogP contribution in [0.3, 0.4) is 0 Å². The molecular formula is C10H16N2OS. The first-order chi connectivity index (χ1) is 6.83. The van der Waals surface area contributed by atoms with Crippen molar-refractivity contribution in [2.24, 2.45) is 5.73 Å². The number of hydrogen-bond donors (Lipinski definition) is 2. The number of amides is 1. The number of carbonyl (C=O) groups is 1. The van der Waals surface area contributed by atoms with Crippen molar-refractivity contribution in [1.82, 2.24) is 5.32 Å². The molecule has 1 heterocycles. The number of nitrogens with two attached hydrogens (primary N) is 1. The van der Waals surface area contributed by atoms with Gasteiger partial charge in [0, 0.05) is 24.4 Å². The minimum atomic E-state index is 0.0543. The van der Waals surface area contributed by atoms with Crippen LogP contribution in [0.5, 0.6) is 0 Å². The number of hydrogen-bond acceptors (Lipinski definition) is 3. The topological polar surface area (TPSA) is 55.1 Å². The Bertz CT molecular complexity index is 259. The summed E-state index contributed by atoms with van der Waals surface area (Å²) in [5.41, 5.74) is 5.25. The van der Waals surface area contributed by atoms with Crippen molar-refractivity contribution in [1.29, 1.82) is 0 Å². The highest BCUT2D eigenvalue weighted by atomic mass is 32.1. The van der Waals surface area contributed by atoms with Crippen molar-refractivity contribution in [2.75, 3.05) is 13.1 Å². The van der Waals surface area contributed by atoms with Crippen LogP contribution in [0.25, 0.3) is 0 Å². The predicted molar refractivity (Wildman–Crippen MR) is 59.3 cm³/mol. The van der Waals surface area contributed by atoms with Crippen LogP contribution in [0, 0.1) is 0 Å². The predicted octanol–water partition coefficient (Wildman–Crippen LogP) is 1.15. The van der Waals surface area contributed by atoms with Gasteiger partial charge in [-0.3, -0.25) is 4.79 Å². The molecule has 0 aliphatic heterocycles. The minimum absolute atomic E-state index is 0.0543. The molecular weight excluding hydrogens is 196 g/mol. The summed E-state index contributed by atoms with van der Waals surface area (Å²) in [6.45, 7) is 1.17. The van der Waals surface area contributed by atoms with E-state index in [1.54, 1.807) is 11.3 Å². The summed E-state index contributed by atoms with van der Waals surface area (Å²) in [5, 5.41) is 4.90. The normalized spacial score (nSPS) is 10.1. The summed E-state index contributed by atoms with van der Waals surface area (Å²) in [6.07, 6.45) is 2.47. The number of thiophene rings is 1. The van der Waals surface area contributed by atoms with Crippen LogP contribution in [0.15, 0.2) is 17.5 Å². The van der Waals surface area contributed by atoms with Crippen LogP contribution in [0.4, 0.5) is 0 Å². The highest BCUT2D eigenvalue weighted by Crippen LogP contribution is 2.10. The molecule has 0 unspecified atom stereocenters. The molecule has 3 nitrogen and oxygen atoms in total. The van der Waals surface area contributed by atoms with Crippen molar-refractivity contribution in [2.45, 2.75) is 19.3 Å². The molecule has 0 saturated carbocycles. The van der Waals surface area contributed by atoms with Crippen molar-refractivity contribution < 1.29 is 4.79 Å². The van der Waals surface area contributed by atoms with E-state index in [1.807, 2.05) is 6.07 Å². The molecule has 4 heteroatoms. The molecule has 0 spiro atoms. The van der Waals surface area contributed by atoms with Gasteiger partial charge in [-0.15, -0.1) is 11.3 Å². The molecule has 1 amide bonds. The molecule has 0 fully saturated rings. The van der Waals surface area contributed by atoms with Crippen molar-refractivity contribution in [3.05, 3.63) is 22.4 Å². The van der Waals surface area contributed by atoms with E-state index in [4.69, 9.17) is 5.73 Å². The van der Waals surface area contributed by atoms with Crippen LogP contribution in [0.1, 0.15) is 17.7 Å². The van der Waals surface area contributed by atoms with Crippen molar-refractivity contribution >= 4 is 17.2 Å². The first-order valence-corrected chi connectivity index (χ1v) is 5.70. The van der Waals surface area contributed by atoms with Gasteiger partial charge >= 0.3 is 0 Å². The zero-order chi connectivity index (χ0) is 10.2. The highest BCUT2D eigenvalue weighted by molar-refractivity contribution is 7.09. The van der Waals surface area contributed by atoms with Crippen LogP contribution >= 0.6 is 11.3 Å². The monoisotopic (exact) mass is 212 g/mol. The molecule has 0 aromatic carbocycles. The lowest BCUT2D eigenvalue weighted by Crippen LogP contribution is -2.26. The fourth-order valence-corrected chi connectivity index (χ4v) is 1.92. The summed E-state index contributed by atoms with van der Waals surface area (Å²) in [4.78, 5) is 12.4. The third-order valence-corrected chi connectivity index (χ3v) is 2.81. The number of nitrogens with one attached hydrogen (secondary N) is 1. The number of carbonyl (C=O) groups excluding carboxylic acids is 1. The summed E-state index contributed by atoms with van der Waals surface area (Å²) in [5.74, 6) is 0.0543. The second-order valence-electron chi connectivity index (χ2n) is 3.07. The third kappa shape index (κ3) is 4.39. The zero-order valence-electron chi connectivity index (χ0n) is 8.16. The van der Waals surface area contributed by atoms with Crippen LogP contribution in [-0.4, -0.2) is 19.0 Å². The average Bonchev–Trinajstić information content (AvgIpc) is 2.65. The fourth-order valence-electron chi connectivity index (χ4n) is 1.16. The Kier molecular flexibility index (Phi) is 5.25. The summed E-state index contributed by atoms with van der Waals surface area (Å²) < 4.78 is 0. The number of aryl methyl sites for hydroxylation is 1. The lowest BCUT2D eigenvalue weighted by atomic mass is 10.2. The third-order valence-electron chi connectivity index (χ3n) is 1.87. The molecule has 14 heavy (non-hydrogen) atoms. The van der Waals surface area contributed by atoms with Gasteiger partial charge < -0.3 is 11.1 Å². The summed E-state index contributed by atoms with van der Waals surface area (Å²) in [7, 11) is 0. The molecule has 1 aromatic heterocycles. The van der Waals surface area contributed by atoms with Crippen molar-refractivity contribution in [3.8, 4) is 0 Å². The Morgan fingerprint density at radius 2 is 2.43 bits per heavy atom. The maximum atomic E-state index is 11.0. The SMILES string of the molecule is NCCC(=O)NCCCc1cccs1. The Hall–Kier alpha value is -0.870. The number of rotatable bonds is 6. The van der Waals surface area contributed by atoms with Crippen LogP contribution in [-0.2, 0) is 11.2 Å². The van der Waals surface area contributed by atoms with E-state index < -0.39 is 0 Å². The van der Waals surface area contributed by atoms with Gasteiger partial charge in [-0.2, -0.15) is 0 Å². The van der Waals surface area contributed by atoms with Gasteiger partial charge in [-0.05, 0) is 24.3 Å². The van der Waals surface area contributed by atoms with E-state index in [0.29, 0.717) is 13.0 Å². The molecule has 3 N–H and O–H groups in total. The van der Waals surface area contributed by atoms with Gasteiger partial charge in [-0.25, -0.2) is 0 Å².